The number of aliphatic hydroxyl groups is 1. The van der Waals surface area contributed by atoms with Gasteiger partial charge >= 0.3 is 6.09 Å². The summed E-state index contributed by atoms with van der Waals surface area (Å²) in [6.07, 6.45) is 2.50. The second kappa shape index (κ2) is 9.28. The first-order valence-electron chi connectivity index (χ1n) is 11.6. The second-order valence-corrected chi connectivity index (χ2v) is 9.07. The van der Waals surface area contributed by atoms with Gasteiger partial charge in [0, 0.05) is 24.9 Å². The molecule has 5 heteroatoms. The van der Waals surface area contributed by atoms with Gasteiger partial charge in [0.25, 0.3) is 0 Å². The molecular formula is C28H29NO4. The van der Waals surface area contributed by atoms with Crippen LogP contribution in [0, 0.1) is 0 Å². The number of amides is 1. The largest absolute Gasteiger partial charge is 0.489 e. The van der Waals surface area contributed by atoms with Crippen LogP contribution in [0.25, 0.3) is 0 Å². The molecule has 2 aliphatic heterocycles. The third-order valence-electron chi connectivity index (χ3n) is 6.80. The monoisotopic (exact) mass is 443 g/mol. The van der Waals surface area contributed by atoms with E-state index in [1.807, 2.05) is 89.8 Å². The van der Waals surface area contributed by atoms with E-state index in [4.69, 9.17) is 9.47 Å². The van der Waals surface area contributed by atoms with E-state index in [9.17, 15) is 9.90 Å². The number of hydrogen-bond acceptors (Lipinski definition) is 4. The fourth-order valence-corrected chi connectivity index (χ4v) is 5.17. The molecule has 0 aromatic heterocycles. The zero-order valence-corrected chi connectivity index (χ0v) is 18.6. The standard InChI is InChI=1S/C28H29NO4/c30-27(33-20-22-10-5-2-6-11-22)29-24-14-15-25(29)18-28(31,17-24)23-12-7-13-26(16-23)32-19-21-8-3-1-4-9-21/h1-13,16,24-25,31H,14-15,17-20H2. The second-order valence-electron chi connectivity index (χ2n) is 9.07. The van der Waals surface area contributed by atoms with Gasteiger partial charge in [-0.05, 0) is 41.7 Å². The highest BCUT2D eigenvalue weighted by Gasteiger charge is 2.50. The Labute approximate surface area is 194 Å². The fraction of sp³-hybridized carbons (Fsp3) is 0.321. The van der Waals surface area contributed by atoms with E-state index in [-0.39, 0.29) is 24.8 Å². The van der Waals surface area contributed by atoms with Gasteiger partial charge in [0.15, 0.2) is 0 Å². The first kappa shape index (κ1) is 21.5. The number of carbonyl (C=O) groups is 1. The first-order chi connectivity index (χ1) is 16.1. The maximum Gasteiger partial charge on any atom is 0.410 e. The predicted molar refractivity (Wildman–Crippen MR) is 126 cm³/mol. The van der Waals surface area contributed by atoms with Crippen LogP contribution in [-0.2, 0) is 23.6 Å². The summed E-state index contributed by atoms with van der Waals surface area (Å²) >= 11 is 0. The van der Waals surface area contributed by atoms with Gasteiger partial charge in [-0.3, -0.25) is 0 Å². The lowest BCUT2D eigenvalue weighted by molar-refractivity contribution is -0.0538. The lowest BCUT2D eigenvalue weighted by Gasteiger charge is -2.43. The smallest absolute Gasteiger partial charge is 0.410 e. The summed E-state index contributed by atoms with van der Waals surface area (Å²) in [5.74, 6) is 0.738. The van der Waals surface area contributed by atoms with Crippen LogP contribution in [0.1, 0.15) is 42.4 Å². The first-order valence-corrected chi connectivity index (χ1v) is 11.6. The Bertz CT molecular complexity index is 1070. The minimum atomic E-state index is -0.978. The molecule has 2 fully saturated rings. The van der Waals surface area contributed by atoms with Crippen LogP contribution in [0.5, 0.6) is 5.75 Å². The van der Waals surface area contributed by atoms with Crippen molar-refractivity contribution in [3.05, 3.63) is 102 Å². The number of piperidine rings is 1. The van der Waals surface area contributed by atoms with Gasteiger partial charge in [-0.2, -0.15) is 0 Å². The Morgan fingerprint density at radius 2 is 1.45 bits per heavy atom. The van der Waals surface area contributed by atoms with Crippen LogP contribution in [0.2, 0.25) is 0 Å². The molecule has 2 atom stereocenters. The maximum atomic E-state index is 12.9. The lowest BCUT2D eigenvalue weighted by atomic mass is 9.80. The molecule has 2 saturated heterocycles. The lowest BCUT2D eigenvalue weighted by Crippen LogP contribution is -2.52. The Kier molecular flexibility index (Phi) is 6.05. The molecule has 0 aliphatic carbocycles. The molecule has 2 aliphatic rings. The van der Waals surface area contributed by atoms with Crippen molar-refractivity contribution in [2.24, 2.45) is 0 Å². The van der Waals surface area contributed by atoms with Crippen LogP contribution in [0.15, 0.2) is 84.9 Å². The molecule has 2 heterocycles. The third kappa shape index (κ3) is 4.74. The summed E-state index contributed by atoms with van der Waals surface area (Å²) in [4.78, 5) is 14.7. The SMILES string of the molecule is O=C(OCc1ccccc1)N1C2CCC1CC(O)(c1cccc(OCc3ccccc3)c1)C2. The van der Waals surface area contributed by atoms with Crippen molar-refractivity contribution >= 4 is 6.09 Å². The molecule has 1 amide bonds. The van der Waals surface area contributed by atoms with Gasteiger partial charge < -0.3 is 19.5 Å². The van der Waals surface area contributed by atoms with E-state index in [1.165, 1.54) is 0 Å². The minimum Gasteiger partial charge on any atom is -0.489 e. The van der Waals surface area contributed by atoms with Crippen molar-refractivity contribution in [1.29, 1.82) is 0 Å². The van der Waals surface area contributed by atoms with Crippen molar-refractivity contribution in [3.8, 4) is 5.75 Å². The summed E-state index contributed by atoms with van der Waals surface area (Å²) in [7, 11) is 0. The normalized spacial score (nSPS) is 23.8. The molecule has 5 nitrogen and oxygen atoms in total. The number of ether oxygens (including phenoxy) is 2. The van der Waals surface area contributed by atoms with E-state index in [2.05, 4.69) is 0 Å². The molecule has 170 valence electrons. The highest BCUT2D eigenvalue weighted by Crippen LogP contribution is 2.46. The van der Waals surface area contributed by atoms with E-state index < -0.39 is 5.60 Å². The van der Waals surface area contributed by atoms with Gasteiger partial charge in [0.1, 0.15) is 19.0 Å². The molecule has 1 N–H and O–H groups in total. The Hall–Kier alpha value is -3.31. The fourth-order valence-electron chi connectivity index (χ4n) is 5.17. The van der Waals surface area contributed by atoms with Gasteiger partial charge in [0.2, 0.25) is 0 Å². The summed E-state index contributed by atoms with van der Waals surface area (Å²) in [6, 6.07) is 27.4. The molecule has 0 spiro atoms. The zero-order valence-electron chi connectivity index (χ0n) is 18.6. The van der Waals surface area contributed by atoms with Crippen molar-refractivity contribution < 1.29 is 19.4 Å². The molecule has 2 unspecified atom stereocenters. The molecule has 33 heavy (non-hydrogen) atoms. The molecule has 3 aromatic carbocycles. The summed E-state index contributed by atoms with van der Waals surface area (Å²) < 4.78 is 11.6. The number of nitrogens with zero attached hydrogens (tertiary/aromatic N) is 1. The van der Waals surface area contributed by atoms with Crippen LogP contribution in [-0.4, -0.2) is 28.2 Å². The van der Waals surface area contributed by atoms with E-state index >= 15 is 0 Å². The Morgan fingerprint density at radius 1 is 0.848 bits per heavy atom. The van der Waals surface area contributed by atoms with E-state index in [1.54, 1.807) is 0 Å². The van der Waals surface area contributed by atoms with Crippen molar-refractivity contribution in [2.45, 2.75) is 56.6 Å². The number of carbonyl (C=O) groups excluding carboxylic acids is 1. The van der Waals surface area contributed by atoms with E-state index in [0.29, 0.717) is 19.4 Å². The number of rotatable bonds is 6. The summed E-state index contributed by atoms with van der Waals surface area (Å²) in [5, 5.41) is 11.6. The number of fused-ring (bicyclic) bond motifs is 2. The number of hydrogen-bond donors (Lipinski definition) is 1. The quantitative estimate of drug-likeness (QED) is 0.553. The van der Waals surface area contributed by atoms with Crippen LogP contribution < -0.4 is 4.74 Å². The maximum absolute atomic E-state index is 12.9. The van der Waals surface area contributed by atoms with Crippen molar-refractivity contribution in [1.82, 2.24) is 4.90 Å². The predicted octanol–water partition coefficient (Wildman–Crippen LogP) is 5.42. The minimum absolute atomic E-state index is 0.0223. The zero-order chi connectivity index (χ0) is 22.7. The van der Waals surface area contributed by atoms with Gasteiger partial charge in [0.05, 0.1) is 5.60 Å². The van der Waals surface area contributed by atoms with Gasteiger partial charge in [-0.25, -0.2) is 4.79 Å². The highest BCUT2D eigenvalue weighted by molar-refractivity contribution is 5.69. The van der Waals surface area contributed by atoms with Gasteiger partial charge in [-0.1, -0.05) is 72.8 Å². The van der Waals surface area contributed by atoms with E-state index in [0.717, 1.165) is 35.3 Å². The molecule has 0 radical (unpaired) electrons. The van der Waals surface area contributed by atoms with Crippen LogP contribution in [0.3, 0.4) is 0 Å². The van der Waals surface area contributed by atoms with Gasteiger partial charge in [-0.15, -0.1) is 0 Å². The average molecular weight is 444 g/mol. The Morgan fingerprint density at radius 3 is 2.09 bits per heavy atom. The third-order valence-corrected chi connectivity index (χ3v) is 6.80. The molecule has 2 bridgehead atoms. The topological polar surface area (TPSA) is 59.0 Å². The highest BCUT2D eigenvalue weighted by atomic mass is 16.6. The molecular weight excluding hydrogens is 414 g/mol. The van der Waals surface area contributed by atoms with Crippen molar-refractivity contribution in [2.75, 3.05) is 0 Å². The average Bonchev–Trinajstić information content (AvgIpc) is 3.14. The van der Waals surface area contributed by atoms with Crippen LogP contribution >= 0.6 is 0 Å². The molecule has 0 saturated carbocycles. The Balaban J connectivity index is 1.24. The van der Waals surface area contributed by atoms with Crippen LogP contribution in [0.4, 0.5) is 4.79 Å². The number of benzene rings is 3. The van der Waals surface area contributed by atoms with Crippen molar-refractivity contribution in [3.63, 3.8) is 0 Å². The molecule has 5 rings (SSSR count). The molecule has 3 aromatic rings. The summed E-state index contributed by atoms with van der Waals surface area (Å²) in [6.45, 7) is 0.746. The summed E-state index contributed by atoms with van der Waals surface area (Å²) in [5.41, 5.74) is 1.94.